The number of benzene rings is 1. The SMILES string of the molecule is CCN(CC)c1cc(-c2cc(C(F)(F)F)ccc2O)nc(N)n1. The molecule has 0 saturated heterocycles. The first-order chi connectivity index (χ1) is 10.8. The van der Waals surface area contributed by atoms with E-state index in [1.165, 1.54) is 6.07 Å². The Morgan fingerprint density at radius 3 is 2.35 bits per heavy atom. The molecule has 1 heterocycles. The van der Waals surface area contributed by atoms with E-state index in [4.69, 9.17) is 5.73 Å². The van der Waals surface area contributed by atoms with E-state index in [0.717, 1.165) is 18.2 Å². The number of anilines is 2. The number of nitrogens with two attached hydrogens (primary N) is 1. The predicted octanol–water partition coefficient (Wildman–Crippen LogP) is 3.30. The number of rotatable bonds is 4. The lowest BCUT2D eigenvalue weighted by Gasteiger charge is -2.20. The van der Waals surface area contributed by atoms with Gasteiger partial charge < -0.3 is 15.7 Å². The van der Waals surface area contributed by atoms with Crippen LogP contribution < -0.4 is 10.6 Å². The van der Waals surface area contributed by atoms with E-state index >= 15 is 0 Å². The summed E-state index contributed by atoms with van der Waals surface area (Å²) in [6.45, 7) is 5.15. The first-order valence-corrected chi connectivity index (χ1v) is 7.06. The van der Waals surface area contributed by atoms with E-state index in [0.29, 0.717) is 18.9 Å². The fourth-order valence-corrected chi connectivity index (χ4v) is 2.22. The number of alkyl halides is 3. The third kappa shape index (κ3) is 3.64. The molecule has 8 heteroatoms. The molecule has 0 amide bonds. The van der Waals surface area contributed by atoms with Gasteiger partial charge in [0, 0.05) is 24.7 Å². The minimum atomic E-state index is -4.51. The number of halogens is 3. The summed E-state index contributed by atoms with van der Waals surface area (Å²) in [5.41, 5.74) is 4.90. The summed E-state index contributed by atoms with van der Waals surface area (Å²) in [7, 11) is 0. The van der Waals surface area contributed by atoms with Crippen LogP contribution in [-0.2, 0) is 6.18 Å². The van der Waals surface area contributed by atoms with Gasteiger partial charge in [0.15, 0.2) is 0 Å². The molecule has 0 unspecified atom stereocenters. The Morgan fingerprint density at radius 1 is 1.13 bits per heavy atom. The summed E-state index contributed by atoms with van der Waals surface area (Å²) in [6, 6.07) is 4.17. The topological polar surface area (TPSA) is 75.3 Å². The second-order valence-electron chi connectivity index (χ2n) is 4.87. The maximum atomic E-state index is 12.9. The van der Waals surface area contributed by atoms with Crippen LogP contribution in [0.1, 0.15) is 19.4 Å². The van der Waals surface area contributed by atoms with Gasteiger partial charge in [0.2, 0.25) is 5.95 Å². The van der Waals surface area contributed by atoms with Gasteiger partial charge in [-0.15, -0.1) is 0 Å². The Labute approximate surface area is 131 Å². The molecule has 0 fully saturated rings. The number of aromatic nitrogens is 2. The minimum absolute atomic E-state index is 0.0395. The number of nitrogen functional groups attached to an aromatic ring is 1. The molecule has 2 rings (SSSR count). The van der Waals surface area contributed by atoms with E-state index in [1.54, 1.807) is 0 Å². The van der Waals surface area contributed by atoms with E-state index in [2.05, 4.69) is 9.97 Å². The molecular formula is C15H17F3N4O. The largest absolute Gasteiger partial charge is 0.507 e. The zero-order chi connectivity index (χ0) is 17.2. The number of hydrogen-bond acceptors (Lipinski definition) is 5. The standard InChI is InChI=1S/C15H17F3N4O/c1-3-22(4-2)13-8-11(20-14(19)21-13)10-7-9(15(16,17)18)5-6-12(10)23/h5-8,23H,3-4H2,1-2H3,(H2,19,20,21). The van der Waals surface area contributed by atoms with Crippen molar-refractivity contribution in [3.63, 3.8) is 0 Å². The highest BCUT2D eigenvalue weighted by atomic mass is 19.4. The lowest BCUT2D eigenvalue weighted by molar-refractivity contribution is -0.137. The highest BCUT2D eigenvalue weighted by molar-refractivity contribution is 5.71. The zero-order valence-electron chi connectivity index (χ0n) is 12.7. The number of aromatic hydroxyl groups is 1. The first-order valence-electron chi connectivity index (χ1n) is 7.06. The molecule has 0 atom stereocenters. The van der Waals surface area contributed by atoms with Crippen molar-refractivity contribution in [2.24, 2.45) is 0 Å². The Kier molecular flexibility index (Phi) is 4.63. The maximum Gasteiger partial charge on any atom is 0.416 e. The third-order valence-electron chi connectivity index (χ3n) is 3.42. The van der Waals surface area contributed by atoms with Gasteiger partial charge >= 0.3 is 6.18 Å². The Hall–Kier alpha value is -2.51. The van der Waals surface area contributed by atoms with Crippen LogP contribution in [0.3, 0.4) is 0 Å². The molecule has 0 radical (unpaired) electrons. The van der Waals surface area contributed by atoms with Gasteiger partial charge in [-0.05, 0) is 32.0 Å². The van der Waals surface area contributed by atoms with Crippen LogP contribution in [0.25, 0.3) is 11.3 Å². The van der Waals surface area contributed by atoms with Crippen LogP contribution in [0.4, 0.5) is 24.9 Å². The minimum Gasteiger partial charge on any atom is -0.507 e. The highest BCUT2D eigenvalue weighted by Gasteiger charge is 2.31. The monoisotopic (exact) mass is 326 g/mol. The molecule has 5 nitrogen and oxygen atoms in total. The second-order valence-corrected chi connectivity index (χ2v) is 4.87. The summed E-state index contributed by atoms with van der Waals surface area (Å²) in [5.74, 6) is 0.122. The van der Waals surface area contributed by atoms with Crippen LogP contribution in [0.5, 0.6) is 5.75 Å². The van der Waals surface area contributed by atoms with Crippen molar-refractivity contribution in [1.29, 1.82) is 0 Å². The van der Waals surface area contributed by atoms with Gasteiger partial charge in [0.1, 0.15) is 11.6 Å². The van der Waals surface area contributed by atoms with Gasteiger partial charge in [-0.1, -0.05) is 0 Å². The Balaban J connectivity index is 2.58. The van der Waals surface area contributed by atoms with E-state index in [-0.39, 0.29) is 23.0 Å². The summed E-state index contributed by atoms with van der Waals surface area (Å²) >= 11 is 0. The molecular weight excluding hydrogens is 309 g/mol. The average Bonchev–Trinajstić information content (AvgIpc) is 2.47. The molecule has 0 aliphatic heterocycles. The van der Waals surface area contributed by atoms with Crippen molar-refractivity contribution in [2.45, 2.75) is 20.0 Å². The van der Waals surface area contributed by atoms with Gasteiger partial charge in [0.25, 0.3) is 0 Å². The molecule has 23 heavy (non-hydrogen) atoms. The molecule has 0 saturated carbocycles. The second kappa shape index (κ2) is 6.31. The first kappa shape index (κ1) is 16.9. The van der Waals surface area contributed by atoms with Gasteiger partial charge in [-0.3, -0.25) is 0 Å². The predicted molar refractivity (Wildman–Crippen MR) is 82.1 cm³/mol. The van der Waals surface area contributed by atoms with E-state index in [1.807, 2.05) is 18.7 Å². The van der Waals surface area contributed by atoms with Crippen LogP contribution >= 0.6 is 0 Å². The van der Waals surface area contributed by atoms with Crippen molar-refractivity contribution in [1.82, 2.24) is 9.97 Å². The molecule has 0 aliphatic rings. The normalized spacial score (nSPS) is 11.5. The zero-order valence-corrected chi connectivity index (χ0v) is 12.7. The van der Waals surface area contributed by atoms with Gasteiger partial charge in [-0.25, -0.2) is 4.98 Å². The maximum absolute atomic E-state index is 12.9. The fourth-order valence-electron chi connectivity index (χ4n) is 2.22. The smallest absolute Gasteiger partial charge is 0.416 e. The molecule has 1 aromatic heterocycles. The average molecular weight is 326 g/mol. The van der Waals surface area contributed by atoms with Gasteiger partial charge in [-0.2, -0.15) is 18.2 Å². The summed E-state index contributed by atoms with van der Waals surface area (Å²) in [4.78, 5) is 9.92. The molecule has 3 N–H and O–H groups in total. The van der Waals surface area contributed by atoms with Crippen LogP contribution in [-0.4, -0.2) is 28.2 Å². The molecule has 1 aromatic carbocycles. The molecule has 124 valence electrons. The third-order valence-corrected chi connectivity index (χ3v) is 3.42. The number of nitrogens with zero attached hydrogens (tertiary/aromatic N) is 3. The lowest BCUT2D eigenvalue weighted by Crippen LogP contribution is -2.23. The van der Waals surface area contributed by atoms with Crippen LogP contribution in [0.15, 0.2) is 24.3 Å². The van der Waals surface area contributed by atoms with Crippen molar-refractivity contribution in [2.75, 3.05) is 23.7 Å². The molecule has 0 spiro atoms. The van der Waals surface area contributed by atoms with Gasteiger partial charge in [0.05, 0.1) is 11.3 Å². The summed E-state index contributed by atoms with van der Waals surface area (Å²) in [5, 5.41) is 9.91. The molecule has 0 aliphatic carbocycles. The Morgan fingerprint density at radius 2 is 1.78 bits per heavy atom. The Bertz CT molecular complexity index is 700. The van der Waals surface area contributed by atoms with Crippen molar-refractivity contribution in [3.05, 3.63) is 29.8 Å². The van der Waals surface area contributed by atoms with Crippen molar-refractivity contribution >= 4 is 11.8 Å². The molecule has 2 aromatic rings. The number of hydrogen-bond donors (Lipinski definition) is 2. The van der Waals surface area contributed by atoms with Crippen molar-refractivity contribution < 1.29 is 18.3 Å². The quantitative estimate of drug-likeness (QED) is 0.902. The summed E-state index contributed by atoms with van der Waals surface area (Å²) < 4.78 is 38.6. The van der Waals surface area contributed by atoms with Crippen LogP contribution in [0, 0.1) is 0 Å². The van der Waals surface area contributed by atoms with E-state index < -0.39 is 11.7 Å². The number of phenolic OH excluding ortho intramolecular Hbond substituents is 1. The fraction of sp³-hybridized carbons (Fsp3) is 0.333. The molecule has 0 bridgehead atoms. The lowest BCUT2D eigenvalue weighted by atomic mass is 10.1. The highest BCUT2D eigenvalue weighted by Crippen LogP contribution is 2.36. The van der Waals surface area contributed by atoms with Crippen LogP contribution in [0.2, 0.25) is 0 Å². The van der Waals surface area contributed by atoms with E-state index in [9.17, 15) is 18.3 Å². The van der Waals surface area contributed by atoms with Crippen molar-refractivity contribution in [3.8, 4) is 17.0 Å². The number of phenols is 1. The summed E-state index contributed by atoms with van der Waals surface area (Å²) in [6.07, 6.45) is -4.51.